The molecule has 0 aliphatic carbocycles. The Bertz CT molecular complexity index is 246. The molecule has 0 saturated heterocycles. The van der Waals surface area contributed by atoms with Crippen molar-refractivity contribution in [2.24, 2.45) is 21.1 Å². The largest absolute Gasteiger partial charge is 0.354 e. The van der Waals surface area contributed by atoms with E-state index >= 15 is 0 Å². The molecule has 2 heterocycles. The first-order chi connectivity index (χ1) is 6.29. The van der Waals surface area contributed by atoms with Crippen LogP contribution in [0.2, 0.25) is 0 Å². The van der Waals surface area contributed by atoms with E-state index in [-0.39, 0.29) is 0 Å². The van der Waals surface area contributed by atoms with Gasteiger partial charge in [0.1, 0.15) is 5.84 Å². The van der Waals surface area contributed by atoms with Crippen molar-refractivity contribution in [2.45, 2.75) is 19.9 Å². The molecule has 0 amide bonds. The number of aliphatic imine (C=N–C) groups is 1. The maximum atomic E-state index is 4.53. The number of hydrogen-bond acceptors (Lipinski definition) is 4. The number of rotatable bonds is 0. The summed E-state index contributed by atoms with van der Waals surface area (Å²) in [6.07, 6.45) is 0. The average Bonchev–Trinajstić information content (AvgIpc) is 2.57. The predicted octanol–water partition coefficient (Wildman–Crippen LogP) is 1.19. The molecule has 0 bridgehead atoms. The number of fused-ring (bicyclic) bond motifs is 1. The van der Waals surface area contributed by atoms with Gasteiger partial charge in [0.2, 0.25) is 0 Å². The van der Waals surface area contributed by atoms with Gasteiger partial charge >= 0.3 is 0 Å². The zero-order chi connectivity index (χ0) is 9.26. The summed E-state index contributed by atoms with van der Waals surface area (Å²) in [5, 5.41) is 8.29. The summed E-state index contributed by atoms with van der Waals surface area (Å²) in [6.45, 7) is 7.99. The molecule has 0 aromatic carbocycles. The lowest BCUT2D eigenvalue weighted by Crippen LogP contribution is -2.42. The van der Waals surface area contributed by atoms with Crippen LogP contribution in [-0.2, 0) is 0 Å². The monoisotopic (exact) mass is 180 g/mol. The quantitative estimate of drug-likeness (QED) is 0.552. The van der Waals surface area contributed by atoms with Crippen molar-refractivity contribution in [1.82, 2.24) is 4.90 Å². The summed E-state index contributed by atoms with van der Waals surface area (Å²) in [6, 6.07) is 0.466. The molecule has 0 radical (unpaired) electrons. The Balaban J connectivity index is 2.21. The zero-order valence-electron chi connectivity index (χ0n) is 8.27. The van der Waals surface area contributed by atoms with Gasteiger partial charge in [-0.3, -0.25) is 4.99 Å². The molecule has 4 heteroatoms. The summed E-state index contributed by atoms with van der Waals surface area (Å²) in [7, 11) is 0. The zero-order valence-corrected chi connectivity index (χ0v) is 8.27. The van der Waals surface area contributed by atoms with Crippen molar-refractivity contribution in [2.75, 3.05) is 26.2 Å². The van der Waals surface area contributed by atoms with Crippen molar-refractivity contribution in [1.29, 1.82) is 0 Å². The molecular weight excluding hydrogens is 164 g/mol. The average molecular weight is 180 g/mol. The van der Waals surface area contributed by atoms with Crippen LogP contribution in [0.15, 0.2) is 15.2 Å². The molecule has 0 saturated carbocycles. The van der Waals surface area contributed by atoms with E-state index in [0.29, 0.717) is 12.0 Å². The molecule has 2 aliphatic rings. The fraction of sp³-hybridized carbons (Fsp3) is 0.889. The van der Waals surface area contributed by atoms with Crippen LogP contribution in [0.3, 0.4) is 0 Å². The van der Waals surface area contributed by atoms with E-state index in [1.54, 1.807) is 0 Å². The summed E-state index contributed by atoms with van der Waals surface area (Å²) in [5.74, 6) is 1.68. The van der Waals surface area contributed by atoms with Gasteiger partial charge in [0.05, 0.1) is 19.6 Å². The van der Waals surface area contributed by atoms with Crippen LogP contribution in [0, 0.1) is 5.92 Å². The lowest BCUT2D eigenvalue weighted by Gasteiger charge is -2.30. The highest BCUT2D eigenvalue weighted by atomic mass is 15.3. The fourth-order valence-corrected chi connectivity index (χ4v) is 1.90. The van der Waals surface area contributed by atoms with Crippen LogP contribution in [0.25, 0.3) is 0 Å². The summed E-state index contributed by atoms with van der Waals surface area (Å²) < 4.78 is 0. The van der Waals surface area contributed by atoms with E-state index in [1.807, 2.05) is 0 Å². The lowest BCUT2D eigenvalue weighted by atomic mass is 10.1. The molecule has 2 atom stereocenters. The van der Waals surface area contributed by atoms with Gasteiger partial charge in [0.15, 0.2) is 0 Å². The van der Waals surface area contributed by atoms with E-state index < -0.39 is 0 Å². The van der Waals surface area contributed by atoms with Crippen LogP contribution in [0.1, 0.15) is 13.8 Å². The Morgan fingerprint density at radius 1 is 1.23 bits per heavy atom. The van der Waals surface area contributed by atoms with Gasteiger partial charge in [-0.2, -0.15) is 10.2 Å². The minimum atomic E-state index is 0.439. The minimum Gasteiger partial charge on any atom is -0.354 e. The second-order valence-corrected chi connectivity index (χ2v) is 3.83. The normalized spacial score (nSPS) is 33.7. The molecule has 0 spiro atoms. The maximum Gasteiger partial charge on any atom is 0.104 e. The highest BCUT2D eigenvalue weighted by Gasteiger charge is 2.27. The fourth-order valence-electron chi connectivity index (χ4n) is 1.90. The van der Waals surface area contributed by atoms with E-state index in [0.717, 1.165) is 26.2 Å². The highest BCUT2D eigenvalue weighted by Crippen LogP contribution is 2.16. The van der Waals surface area contributed by atoms with Gasteiger partial charge < -0.3 is 4.90 Å². The smallest absolute Gasteiger partial charge is 0.104 e. The standard InChI is InChI=1S/C9H16N4/c1-7-5-11-12-6-8(2)13-4-3-10-9(7)13/h7-8H,3-6H2,1-2H3. The van der Waals surface area contributed by atoms with Gasteiger partial charge in [-0.25, -0.2) is 0 Å². The highest BCUT2D eigenvalue weighted by molar-refractivity contribution is 5.86. The Kier molecular flexibility index (Phi) is 2.29. The molecular formula is C9H16N4. The van der Waals surface area contributed by atoms with Crippen molar-refractivity contribution in [3.05, 3.63) is 0 Å². The second kappa shape index (κ2) is 3.44. The molecule has 4 nitrogen and oxygen atoms in total. The maximum absolute atomic E-state index is 4.53. The number of amidine groups is 1. The van der Waals surface area contributed by atoms with Crippen LogP contribution in [0.5, 0.6) is 0 Å². The van der Waals surface area contributed by atoms with Crippen LogP contribution in [0.4, 0.5) is 0 Å². The van der Waals surface area contributed by atoms with Gasteiger partial charge in [-0.1, -0.05) is 6.92 Å². The molecule has 2 unspecified atom stereocenters. The first kappa shape index (κ1) is 8.66. The molecule has 2 aliphatic heterocycles. The molecule has 2 rings (SSSR count). The minimum absolute atomic E-state index is 0.439. The van der Waals surface area contributed by atoms with Crippen molar-refractivity contribution < 1.29 is 0 Å². The summed E-state index contributed by atoms with van der Waals surface area (Å²) in [5.41, 5.74) is 0. The Morgan fingerprint density at radius 2 is 2.00 bits per heavy atom. The summed E-state index contributed by atoms with van der Waals surface area (Å²) in [4.78, 5) is 6.91. The first-order valence-corrected chi connectivity index (χ1v) is 4.93. The third-order valence-electron chi connectivity index (χ3n) is 2.68. The van der Waals surface area contributed by atoms with Crippen LogP contribution >= 0.6 is 0 Å². The Labute approximate surface area is 78.7 Å². The molecule has 13 heavy (non-hydrogen) atoms. The first-order valence-electron chi connectivity index (χ1n) is 4.93. The Morgan fingerprint density at radius 3 is 2.85 bits per heavy atom. The van der Waals surface area contributed by atoms with Crippen molar-refractivity contribution in [3.63, 3.8) is 0 Å². The van der Waals surface area contributed by atoms with Crippen LogP contribution in [-0.4, -0.2) is 43.0 Å². The molecule has 0 aromatic rings. The van der Waals surface area contributed by atoms with E-state index in [4.69, 9.17) is 0 Å². The molecule has 72 valence electrons. The van der Waals surface area contributed by atoms with Gasteiger partial charge in [-0.15, -0.1) is 0 Å². The van der Waals surface area contributed by atoms with Crippen molar-refractivity contribution >= 4 is 5.84 Å². The molecule has 0 N–H and O–H groups in total. The third-order valence-corrected chi connectivity index (χ3v) is 2.68. The van der Waals surface area contributed by atoms with Gasteiger partial charge in [0, 0.05) is 18.5 Å². The number of azo groups is 1. The van der Waals surface area contributed by atoms with Gasteiger partial charge in [0.25, 0.3) is 0 Å². The summed E-state index contributed by atoms with van der Waals surface area (Å²) >= 11 is 0. The van der Waals surface area contributed by atoms with Crippen molar-refractivity contribution in [3.8, 4) is 0 Å². The predicted molar refractivity (Wildman–Crippen MR) is 52.2 cm³/mol. The SMILES string of the molecule is CC1CN=NCC(C)N2CCN=C12. The third kappa shape index (κ3) is 1.57. The van der Waals surface area contributed by atoms with E-state index in [9.17, 15) is 0 Å². The lowest BCUT2D eigenvalue weighted by molar-refractivity contribution is 0.338. The number of nitrogens with zero attached hydrogens (tertiary/aromatic N) is 4. The molecule has 0 fully saturated rings. The van der Waals surface area contributed by atoms with Gasteiger partial charge in [-0.05, 0) is 6.92 Å². The second-order valence-electron chi connectivity index (χ2n) is 3.83. The van der Waals surface area contributed by atoms with E-state index in [2.05, 4.69) is 34.0 Å². The molecule has 0 aromatic heterocycles. The van der Waals surface area contributed by atoms with Crippen LogP contribution < -0.4 is 0 Å². The number of hydrogen-bond donors (Lipinski definition) is 0. The Hall–Kier alpha value is -0.930. The topological polar surface area (TPSA) is 40.3 Å². The van der Waals surface area contributed by atoms with E-state index in [1.165, 1.54) is 5.84 Å².